The van der Waals surface area contributed by atoms with Crippen molar-refractivity contribution in [2.45, 2.75) is 33.7 Å². The lowest BCUT2D eigenvalue weighted by Crippen LogP contribution is -2.25. The Balaban J connectivity index is 2.89. The minimum atomic E-state index is -0.459. The summed E-state index contributed by atoms with van der Waals surface area (Å²) in [5.74, 6) is 1.38. The Kier molecular flexibility index (Phi) is 6.80. The van der Waals surface area contributed by atoms with Gasteiger partial charge >= 0.3 is 0 Å². The van der Waals surface area contributed by atoms with Crippen LogP contribution in [-0.2, 0) is 0 Å². The number of thioether (sulfide) groups is 1. The maximum Gasteiger partial charge on any atom is 0.133 e. The van der Waals surface area contributed by atoms with E-state index in [4.69, 9.17) is 0 Å². The zero-order valence-electron chi connectivity index (χ0n) is 12.1. The Labute approximate surface area is 119 Å². The summed E-state index contributed by atoms with van der Waals surface area (Å²) in [4.78, 5) is 0. The Bertz CT molecular complexity index is 407. The minimum absolute atomic E-state index is 0.179. The van der Waals surface area contributed by atoms with Gasteiger partial charge in [-0.2, -0.15) is 11.8 Å². The molecule has 1 nitrogen and oxygen atoms in total. The van der Waals surface area contributed by atoms with Crippen LogP contribution in [0.2, 0.25) is 0 Å². The van der Waals surface area contributed by atoms with E-state index in [1.165, 1.54) is 12.1 Å². The van der Waals surface area contributed by atoms with Gasteiger partial charge in [-0.05, 0) is 36.8 Å². The lowest BCUT2D eigenvalue weighted by atomic mass is 10.0. The highest BCUT2D eigenvalue weighted by Gasteiger charge is 2.20. The monoisotopic (exact) mass is 287 g/mol. The molecule has 0 saturated carbocycles. The smallest absolute Gasteiger partial charge is 0.133 e. The van der Waals surface area contributed by atoms with Crippen molar-refractivity contribution in [3.05, 3.63) is 34.9 Å². The fraction of sp³-hybridized carbons (Fsp3) is 0.600. The molecule has 108 valence electrons. The van der Waals surface area contributed by atoms with Crippen molar-refractivity contribution in [2.24, 2.45) is 5.92 Å². The van der Waals surface area contributed by atoms with E-state index in [2.05, 4.69) is 19.2 Å². The van der Waals surface area contributed by atoms with Crippen LogP contribution in [0.4, 0.5) is 8.78 Å². The van der Waals surface area contributed by atoms with Gasteiger partial charge in [-0.25, -0.2) is 8.78 Å². The van der Waals surface area contributed by atoms with E-state index in [0.29, 0.717) is 23.8 Å². The fourth-order valence-electron chi connectivity index (χ4n) is 1.91. The number of aryl methyl sites for hydroxylation is 1. The van der Waals surface area contributed by atoms with E-state index in [1.807, 2.05) is 6.92 Å². The van der Waals surface area contributed by atoms with Crippen molar-refractivity contribution in [3.63, 3.8) is 0 Å². The second-order valence-corrected chi connectivity index (χ2v) is 6.21. The van der Waals surface area contributed by atoms with Gasteiger partial charge in [0.05, 0.1) is 0 Å². The normalized spacial score (nSPS) is 13.0. The van der Waals surface area contributed by atoms with Crippen LogP contribution < -0.4 is 5.32 Å². The van der Waals surface area contributed by atoms with Crippen LogP contribution in [0.25, 0.3) is 0 Å². The van der Waals surface area contributed by atoms with E-state index in [1.54, 1.807) is 18.7 Å². The Morgan fingerprint density at radius 1 is 1.21 bits per heavy atom. The van der Waals surface area contributed by atoms with Gasteiger partial charge in [0, 0.05) is 17.4 Å². The molecule has 0 aliphatic carbocycles. The highest BCUT2D eigenvalue weighted by molar-refractivity contribution is 7.99. The van der Waals surface area contributed by atoms with Crippen molar-refractivity contribution in [1.29, 1.82) is 0 Å². The number of hydrogen-bond donors (Lipinski definition) is 1. The summed E-state index contributed by atoms with van der Waals surface area (Å²) in [6.07, 6.45) is 0. The first-order valence-electron chi connectivity index (χ1n) is 6.73. The quantitative estimate of drug-likeness (QED) is 0.802. The molecule has 1 atom stereocenters. The molecule has 0 aliphatic rings. The molecule has 0 radical (unpaired) electrons. The van der Waals surface area contributed by atoms with Gasteiger partial charge in [-0.15, -0.1) is 0 Å². The number of nitrogens with one attached hydrogen (secondary N) is 1. The third-order valence-electron chi connectivity index (χ3n) is 2.85. The molecule has 1 aromatic carbocycles. The van der Waals surface area contributed by atoms with Gasteiger partial charge in [0.1, 0.15) is 11.6 Å². The number of rotatable bonds is 7. The fourth-order valence-corrected chi connectivity index (χ4v) is 3.04. The second kappa shape index (κ2) is 7.85. The Hall–Kier alpha value is -0.610. The average Bonchev–Trinajstić information content (AvgIpc) is 2.34. The number of hydrogen-bond acceptors (Lipinski definition) is 2. The molecule has 0 amide bonds. The van der Waals surface area contributed by atoms with Crippen molar-refractivity contribution in [2.75, 3.05) is 18.1 Å². The summed E-state index contributed by atoms with van der Waals surface area (Å²) < 4.78 is 28.0. The molecule has 19 heavy (non-hydrogen) atoms. The summed E-state index contributed by atoms with van der Waals surface area (Å²) in [6, 6.07) is 2.57. The predicted molar refractivity (Wildman–Crippen MR) is 79.7 cm³/mol. The van der Waals surface area contributed by atoms with Crippen LogP contribution in [-0.4, -0.2) is 18.1 Å². The van der Waals surface area contributed by atoms with Crippen molar-refractivity contribution >= 4 is 11.8 Å². The summed E-state index contributed by atoms with van der Waals surface area (Å²) in [7, 11) is 0. The van der Waals surface area contributed by atoms with Gasteiger partial charge in [0.2, 0.25) is 0 Å². The third-order valence-corrected chi connectivity index (χ3v) is 4.33. The molecule has 0 bridgehead atoms. The van der Waals surface area contributed by atoms with E-state index >= 15 is 0 Å². The zero-order chi connectivity index (χ0) is 14.4. The largest absolute Gasteiger partial charge is 0.309 e. The number of halogens is 2. The molecule has 0 aliphatic heterocycles. The lowest BCUT2D eigenvalue weighted by molar-refractivity contribution is 0.496. The third kappa shape index (κ3) is 4.77. The van der Waals surface area contributed by atoms with Crippen LogP contribution in [0.1, 0.15) is 37.9 Å². The van der Waals surface area contributed by atoms with E-state index in [-0.39, 0.29) is 11.6 Å². The zero-order valence-corrected chi connectivity index (χ0v) is 12.9. The van der Waals surface area contributed by atoms with Gasteiger partial charge in [-0.1, -0.05) is 26.8 Å². The van der Waals surface area contributed by atoms with Gasteiger partial charge < -0.3 is 5.32 Å². The summed E-state index contributed by atoms with van der Waals surface area (Å²) in [6.45, 7) is 8.60. The molecule has 4 heteroatoms. The van der Waals surface area contributed by atoms with E-state index in [9.17, 15) is 8.78 Å². The van der Waals surface area contributed by atoms with Crippen LogP contribution in [0.3, 0.4) is 0 Å². The standard InChI is InChI=1S/C15H23F2NS/c1-5-18-13(9-19-8-10(2)3)14-12(16)7-6-11(4)15(14)17/h6-7,10,13,18H,5,8-9H2,1-4H3. The first-order chi connectivity index (χ1) is 8.97. The van der Waals surface area contributed by atoms with Crippen molar-refractivity contribution in [3.8, 4) is 0 Å². The molecular weight excluding hydrogens is 264 g/mol. The highest BCUT2D eigenvalue weighted by Crippen LogP contribution is 2.26. The molecule has 1 aromatic rings. The van der Waals surface area contributed by atoms with Gasteiger partial charge in [-0.3, -0.25) is 0 Å². The molecule has 1 unspecified atom stereocenters. The second-order valence-electron chi connectivity index (χ2n) is 5.13. The highest BCUT2D eigenvalue weighted by atomic mass is 32.2. The van der Waals surface area contributed by atoms with Gasteiger partial charge in [0.25, 0.3) is 0 Å². The first-order valence-corrected chi connectivity index (χ1v) is 7.88. The summed E-state index contributed by atoms with van der Waals surface area (Å²) >= 11 is 1.73. The predicted octanol–water partition coefficient (Wildman–Crippen LogP) is 4.31. The average molecular weight is 287 g/mol. The van der Waals surface area contributed by atoms with Crippen LogP contribution in [0, 0.1) is 24.5 Å². The number of benzene rings is 1. The lowest BCUT2D eigenvalue weighted by Gasteiger charge is -2.20. The Morgan fingerprint density at radius 3 is 2.47 bits per heavy atom. The molecule has 0 aromatic heterocycles. The molecule has 0 saturated heterocycles. The van der Waals surface area contributed by atoms with Crippen LogP contribution in [0.15, 0.2) is 12.1 Å². The first kappa shape index (κ1) is 16.4. The molecular formula is C15H23F2NS. The maximum atomic E-state index is 14.1. The molecule has 1 N–H and O–H groups in total. The van der Waals surface area contributed by atoms with Gasteiger partial charge in [0.15, 0.2) is 0 Å². The van der Waals surface area contributed by atoms with Crippen LogP contribution in [0.5, 0.6) is 0 Å². The summed E-state index contributed by atoms with van der Waals surface area (Å²) in [5, 5.41) is 3.18. The maximum absolute atomic E-state index is 14.1. The molecule has 1 rings (SSSR count). The molecule has 0 spiro atoms. The van der Waals surface area contributed by atoms with Crippen molar-refractivity contribution < 1.29 is 8.78 Å². The molecule has 0 heterocycles. The van der Waals surface area contributed by atoms with E-state index in [0.717, 1.165) is 5.75 Å². The van der Waals surface area contributed by atoms with Crippen molar-refractivity contribution in [1.82, 2.24) is 5.32 Å². The topological polar surface area (TPSA) is 12.0 Å². The van der Waals surface area contributed by atoms with Crippen LogP contribution >= 0.6 is 11.8 Å². The van der Waals surface area contributed by atoms with E-state index < -0.39 is 11.6 Å². The minimum Gasteiger partial charge on any atom is -0.309 e. The Morgan fingerprint density at radius 2 is 1.89 bits per heavy atom. The summed E-state index contributed by atoms with van der Waals surface area (Å²) in [5.41, 5.74) is 0.672. The SMILES string of the molecule is CCNC(CSCC(C)C)c1c(F)ccc(C)c1F. The molecule has 0 fully saturated rings.